The molecule has 2 heterocycles. The fourth-order valence-corrected chi connectivity index (χ4v) is 4.29. The van der Waals surface area contributed by atoms with Gasteiger partial charge in [0.25, 0.3) is 10.0 Å². The molecule has 3 aromatic rings. The molecule has 1 aliphatic heterocycles. The third kappa shape index (κ3) is 3.91. The normalized spacial score (nSPS) is 13.9. The quantitative estimate of drug-likeness (QED) is 0.717. The van der Waals surface area contributed by atoms with E-state index < -0.39 is 10.0 Å². The number of benzene rings is 2. The first-order valence-electron chi connectivity index (χ1n) is 8.57. The number of sulfonamides is 1. The van der Waals surface area contributed by atoms with Crippen LogP contribution in [-0.4, -0.2) is 19.9 Å². The lowest BCUT2D eigenvalue weighted by atomic mass is 10.00. The molecule has 7 heteroatoms. The Morgan fingerprint density at radius 2 is 1.70 bits per heavy atom. The summed E-state index contributed by atoms with van der Waals surface area (Å²) in [6.07, 6.45) is 2.69. The van der Waals surface area contributed by atoms with Crippen LogP contribution in [0.5, 0.6) is 0 Å². The van der Waals surface area contributed by atoms with Crippen molar-refractivity contribution in [2.24, 2.45) is 0 Å². The van der Waals surface area contributed by atoms with E-state index in [0.717, 1.165) is 25.2 Å². The van der Waals surface area contributed by atoms with E-state index in [4.69, 9.17) is 11.6 Å². The van der Waals surface area contributed by atoms with Gasteiger partial charge in [-0.15, -0.1) is 0 Å². The molecule has 0 amide bonds. The first-order chi connectivity index (χ1) is 13.0. The van der Waals surface area contributed by atoms with Crippen LogP contribution in [0, 0.1) is 0 Å². The second kappa shape index (κ2) is 7.21. The molecule has 1 aromatic heterocycles. The van der Waals surface area contributed by atoms with Gasteiger partial charge in [0.1, 0.15) is 5.82 Å². The SMILES string of the molecule is O=S(=O)(Nc1ccc(N2CCc3ccccc3C2)cn1)c1ccc(Cl)cc1. The molecule has 1 aliphatic rings. The minimum atomic E-state index is -3.69. The zero-order valence-electron chi connectivity index (χ0n) is 14.5. The monoisotopic (exact) mass is 399 g/mol. The van der Waals surface area contributed by atoms with Crippen molar-refractivity contribution in [3.63, 3.8) is 0 Å². The van der Waals surface area contributed by atoms with E-state index in [0.29, 0.717) is 5.02 Å². The van der Waals surface area contributed by atoms with E-state index in [-0.39, 0.29) is 10.7 Å². The summed E-state index contributed by atoms with van der Waals surface area (Å²) in [5.74, 6) is 0.283. The number of hydrogen-bond acceptors (Lipinski definition) is 4. The zero-order valence-corrected chi connectivity index (χ0v) is 16.0. The van der Waals surface area contributed by atoms with Crippen LogP contribution in [0.4, 0.5) is 11.5 Å². The number of hydrogen-bond donors (Lipinski definition) is 1. The highest BCUT2D eigenvalue weighted by Crippen LogP contribution is 2.25. The van der Waals surface area contributed by atoms with Crippen molar-refractivity contribution in [2.75, 3.05) is 16.2 Å². The molecule has 2 aromatic carbocycles. The third-order valence-corrected chi connectivity index (χ3v) is 6.23. The Kier molecular flexibility index (Phi) is 4.76. The summed E-state index contributed by atoms with van der Waals surface area (Å²) in [4.78, 5) is 6.67. The number of anilines is 2. The number of halogens is 1. The fraction of sp³-hybridized carbons (Fsp3) is 0.150. The van der Waals surface area contributed by atoms with Gasteiger partial charge in [0, 0.05) is 18.1 Å². The minimum Gasteiger partial charge on any atom is -0.366 e. The summed E-state index contributed by atoms with van der Waals surface area (Å²) in [6.45, 7) is 1.74. The first kappa shape index (κ1) is 17.8. The number of aromatic nitrogens is 1. The van der Waals surface area contributed by atoms with E-state index >= 15 is 0 Å². The van der Waals surface area contributed by atoms with Gasteiger partial charge in [0.05, 0.1) is 16.8 Å². The van der Waals surface area contributed by atoms with Crippen molar-refractivity contribution >= 4 is 33.1 Å². The maximum atomic E-state index is 12.4. The first-order valence-corrected chi connectivity index (χ1v) is 10.4. The van der Waals surface area contributed by atoms with Crippen molar-refractivity contribution in [1.29, 1.82) is 0 Å². The molecule has 5 nitrogen and oxygen atoms in total. The number of pyridine rings is 1. The lowest BCUT2D eigenvalue weighted by molar-refractivity contribution is 0.601. The molecule has 0 radical (unpaired) electrons. The van der Waals surface area contributed by atoms with Crippen molar-refractivity contribution in [3.05, 3.63) is 83.0 Å². The number of nitrogens with one attached hydrogen (secondary N) is 1. The molecule has 4 rings (SSSR count). The Morgan fingerprint density at radius 1 is 0.963 bits per heavy atom. The summed E-state index contributed by atoms with van der Waals surface area (Å²) in [6, 6.07) is 18.0. The van der Waals surface area contributed by atoms with Gasteiger partial charge in [-0.3, -0.25) is 4.72 Å². The highest BCUT2D eigenvalue weighted by atomic mass is 35.5. The van der Waals surface area contributed by atoms with Gasteiger partial charge < -0.3 is 4.90 Å². The summed E-state index contributed by atoms with van der Waals surface area (Å²) >= 11 is 5.81. The van der Waals surface area contributed by atoms with Crippen LogP contribution in [-0.2, 0) is 23.0 Å². The standard InChI is InChI=1S/C20H18ClN3O2S/c21-17-5-8-19(9-6-17)27(25,26)23-20-10-7-18(13-22-20)24-12-11-15-3-1-2-4-16(15)14-24/h1-10,13H,11-12,14H2,(H,22,23). The van der Waals surface area contributed by atoms with Gasteiger partial charge in [0.2, 0.25) is 0 Å². The largest absolute Gasteiger partial charge is 0.366 e. The highest BCUT2D eigenvalue weighted by molar-refractivity contribution is 7.92. The molecule has 0 atom stereocenters. The Morgan fingerprint density at radius 3 is 2.41 bits per heavy atom. The Balaban J connectivity index is 1.49. The molecule has 0 unspecified atom stereocenters. The van der Waals surface area contributed by atoms with Gasteiger partial charge in [-0.25, -0.2) is 13.4 Å². The van der Waals surface area contributed by atoms with Gasteiger partial charge in [-0.1, -0.05) is 35.9 Å². The maximum absolute atomic E-state index is 12.4. The summed E-state index contributed by atoms with van der Waals surface area (Å²) < 4.78 is 27.4. The molecule has 0 fully saturated rings. The molecule has 0 bridgehead atoms. The summed E-state index contributed by atoms with van der Waals surface area (Å²) in [5.41, 5.74) is 3.67. The van der Waals surface area contributed by atoms with Gasteiger partial charge in [-0.2, -0.15) is 0 Å². The average molecular weight is 400 g/mol. The van der Waals surface area contributed by atoms with Crippen LogP contribution in [0.3, 0.4) is 0 Å². The number of fused-ring (bicyclic) bond motifs is 1. The van der Waals surface area contributed by atoms with E-state index in [9.17, 15) is 8.42 Å². The van der Waals surface area contributed by atoms with E-state index in [1.165, 1.54) is 23.3 Å². The van der Waals surface area contributed by atoms with Crippen molar-refractivity contribution in [2.45, 2.75) is 17.9 Å². The number of nitrogens with zero attached hydrogens (tertiary/aromatic N) is 2. The minimum absolute atomic E-state index is 0.144. The third-order valence-electron chi connectivity index (χ3n) is 4.61. The fourth-order valence-electron chi connectivity index (χ4n) is 3.16. The molecule has 0 saturated heterocycles. The average Bonchev–Trinajstić information content (AvgIpc) is 2.68. The Hall–Kier alpha value is -2.57. The lowest BCUT2D eigenvalue weighted by Crippen LogP contribution is -2.30. The predicted octanol–water partition coefficient (Wildman–Crippen LogP) is 4.10. The van der Waals surface area contributed by atoms with Crippen LogP contribution in [0.15, 0.2) is 71.8 Å². The lowest BCUT2D eigenvalue weighted by Gasteiger charge is -2.30. The Labute approximate surface area is 163 Å². The van der Waals surface area contributed by atoms with Crippen molar-refractivity contribution in [3.8, 4) is 0 Å². The second-order valence-electron chi connectivity index (χ2n) is 6.40. The maximum Gasteiger partial charge on any atom is 0.263 e. The van der Waals surface area contributed by atoms with Gasteiger partial charge >= 0.3 is 0 Å². The molecule has 0 aliphatic carbocycles. The van der Waals surface area contributed by atoms with E-state index in [1.54, 1.807) is 24.4 Å². The smallest absolute Gasteiger partial charge is 0.263 e. The molecular formula is C20H18ClN3O2S. The zero-order chi connectivity index (χ0) is 18.9. The highest BCUT2D eigenvalue weighted by Gasteiger charge is 2.18. The van der Waals surface area contributed by atoms with E-state index in [1.807, 2.05) is 6.07 Å². The molecule has 0 saturated carbocycles. The molecule has 27 heavy (non-hydrogen) atoms. The van der Waals surface area contributed by atoms with Crippen LogP contribution < -0.4 is 9.62 Å². The summed E-state index contributed by atoms with van der Waals surface area (Å²) in [7, 11) is -3.69. The second-order valence-corrected chi connectivity index (χ2v) is 8.52. The van der Waals surface area contributed by atoms with Crippen LogP contribution in [0.1, 0.15) is 11.1 Å². The molecule has 138 valence electrons. The number of rotatable bonds is 4. The molecule has 1 N–H and O–H groups in total. The van der Waals surface area contributed by atoms with Gasteiger partial charge in [0.15, 0.2) is 0 Å². The molecular weight excluding hydrogens is 382 g/mol. The summed E-state index contributed by atoms with van der Waals surface area (Å²) in [5, 5.41) is 0.486. The Bertz CT molecular complexity index is 1050. The van der Waals surface area contributed by atoms with Crippen molar-refractivity contribution < 1.29 is 8.42 Å². The predicted molar refractivity (Wildman–Crippen MR) is 108 cm³/mol. The van der Waals surface area contributed by atoms with Crippen LogP contribution in [0.2, 0.25) is 5.02 Å². The van der Waals surface area contributed by atoms with Crippen LogP contribution in [0.25, 0.3) is 0 Å². The molecule has 0 spiro atoms. The van der Waals surface area contributed by atoms with Crippen molar-refractivity contribution in [1.82, 2.24) is 4.98 Å². The van der Waals surface area contributed by atoms with Gasteiger partial charge in [-0.05, 0) is 53.9 Å². The van der Waals surface area contributed by atoms with Crippen LogP contribution >= 0.6 is 11.6 Å². The van der Waals surface area contributed by atoms with E-state index in [2.05, 4.69) is 38.9 Å². The topological polar surface area (TPSA) is 62.3 Å².